The van der Waals surface area contributed by atoms with Gasteiger partial charge in [-0.3, -0.25) is 0 Å². The Bertz CT molecular complexity index is 1100. The summed E-state index contributed by atoms with van der Waals surface area (Å²) in [6.45, 7) is 2.60. The Morgan fingerprint density at radius 1 is 1.07 bits per heavy atom. The molecule has 2 atom stereocenters. The van der Waals surface area contributed by atoms with Crippen LogP contribution < -0.4 is 9.47 Å². The van der Waals surface area contributed by atoms with Gasteiger partial charge in [0.2, 0.25) is 6.23 Å². The molecule has 0 amide bonds. The second kappa shape index (κ2) is 7.86. The largest absolute Gasteiger partial charge is 0.494 e. The zero-order valence-corrected chi connectivity index (χ0v) is 17.9. The van der Waals surface area contributed by atoms with Crippen LogP contribution in [0.15, 0.2) is 71.8 Å². The highest BCUT2D eigenvalue weighted by atomic mass is 35.5. The zero-order valence-electron chi connectivity index (χ0n) is 16.4. The van der Waals surface area contributed by atoms with Gasteiger partial charge in [-0.1, -0.05) is 53.5 Å². The van der Waals surface area contributed by atoms with E-state index in [4.69, 9.17) is 37.8 Å². The van der Waals surface area contributed by atoms with E-state index in [0.29, 0.717) is 22.4 Å². The van der Waals surface area contributed by atoms with Crippen molar-refractivity contribution in [2.24, 2.45) is 5.10 Å². The van der Waals surface area contributed by atoms with E-state index in [9.17, 15) is 0 Å². The van der Waals surface area contributed by atoms with Crippen molar-refractivity contribution in [3.63, 3.8) is 0 Å². The Hall–Kier alpha value is -2.69. The van der Waals surface area contributed by atoms with Gasteiger partial charge >= 0.3 is 0 Å². The Morgan fingerprint density at radius 2 is 1.83 bits per heavy atom. The second-order valence-electron chi connectivity index (χ2n) is 7.29. The number of nitrogens with zero attached hydrogens (tertiary/aromatic N) is 2. The minimum absolute atomic E-state index is 0.00303. The van der Waals surface area contributed by atoms with Crippen molar-refractivity contribution in [2.75, 3.05) is 6.61 Å². The van der Waals surface area contributed by atoms with Crippen molar-refractivity contribution in [3.8, 4) is 11.5 Å². The van der Waals surface area contributed by atoms with E-state index in [1.165, 1.54) is 0 Å². The summed E-state index contributed by atoms with van der Waals surface area (Å²) in [7, 11) is 0. The van der Waals surface area contributed by atoms with Crippen LogP contribution in [0.2, 0.25) is 10.0 Å². The molecule has 0 bridgehead atoms. The fraction of sp³-hybridized carbons (Fsp3) is 0.208. The molecule has 0 aliphatic carbocycles. The van der Waals surface area contributed by atoms with Gasteiger partial charge < -0.3 is 9.47 Å². The quantitative estimate of drug-likeness (QED) is 0.457. The summed E-state index contributed by atoms with van der Waals surface area (Å²) in [4.78, 5) is 0. The lowest BCUT2D eigenvalue weighted by molar-refractivity contribution is -0.0189. The van der Waals surface area contributed by atoms with E-state index in [1.807, 2.05) is 60.5 Å². The molecule has 0 aromatic heterocycles. The number of fused-ring (bicyclic) bond motifs is 3. The number of hydrogen-bond donors (Lipinski definition) is 0. The van der Waals surface area contributed by atoms with Crippen LogP contribution in [0.3, 0.4) is 0 Å². The van der Waals surface area contributed by atoms with Crippen molar-refractivity contribution in [3.05, 3.63) is 93.5 Å². The van der Waals surface area contributed by atoms with E-state index in [2.05, 4.69) is 12.1 Å². The molecule has 30 heavy (non-hydrogen) atoms. The molecule has 6 heteroatoms. The first-order valence-corrected chi connectivity index (χ1v) is 10.7. The topological polar surface area (TPSA) is 34.1 Å². The molecule has 0 spiro atoms. The summed E-state index contributed by atoms with van der Waals surface area (Å²) in [5.74, 6) is 1.50. The molecule has 0 fully saturated rings. The summed E-state index contributed by atoms with van der Waals surface area (Å²) < 4.78 is 12.0. The van der Waals surface area contributed by atoms with E-state index in [0.717, 1.165) is 34.6 Å². The van der Waals surface area contributed by atoms with E-state index in [-0.39, 0.29) is 6.04 Å². The predicted octanol–water partition coefficient (Wildman–Crippen LogP) is 6.63. The fourth-order valence-electron chi connectivity index (χ4n) is 4.03. The van der Waals surface area contributed by atoms with Crippen LogP contribution in [0.4, 0.5) is 0 Å². The third-order valence-electron chi connectivity index (χ3n) is 5.39. The second-order valence-corrected chi connectivity index (χ2v) is 8.13. The number of halogens is 2. The van der Waals surface area contributed by atoms with Crippen LogP contribution >= 0.6 is 23.2 Å². The summed E-state index contributed by atoms with van der Waals surface area (Å²) >= 11 is 12.8. The average molecular weight is 439 g/mol. The first-order valence-electron chi connectivity index (χ1n) is 9.93. The molecule has 2 aliphatic heterocycles. The normalized spacial score (nSPS) is 19.6. The van der Waals surface area contributed by atoms with Crippen molar-refractivity contribution in [1.82, 2.24) is 5.01 Å². The van der Waals surface area contributed by atoms with Gasteiger partial charge in [0.05, 0.1) is 23.4 Å². The molecule has 3 aromatic carbocycles. The van der Waals surface area contributed by atoms with E-state index in [1.54, 1.807) is 6.07 Å². The fourth-order valence-corrected chi connectivity index (χ4v) is 4.59. The molecule has 0 radical (unpaired) electrons. The Kier molecular flexibility index (Phi) is 5.05. The van der Waals surface area contributed by atoms with E-state index >= 15 is 0 Å². The molecule has 2 aliphatic rings. The van der Waals surface area contributed by atoms with Gasteiger partial charge in [0.25, 0.3) is 0 Å². The average Bonchev–Trinajstić information content (AvgIpc) is 3.21. The van der Waals surface area contributed by atoms with Gasteiger partial charge in [0, 0.05) is 22.6 Å². The molecule has 0 saturated heterocycles. The first-order chi connectivity index (χ1) is 14.6. The molecule has 2 unspecified atom stereocenters. The van der Waals surface area contributed by atoms with Crippen LogP contribution in [0.25, 0.3) is 0 Å². The van der Waals surface area contributed by atoms with Crippen LogP contribution in [0, 0.1) is 0 Å². The molecule has 4 nitrogen and oxygen atoms in total. The molecule has 3 aromatic rings. The van der Waals surface area contributed by atoms with E-state index < -0.39 is 6.23 Å². The molecule has 0 saturated carbocycles. The third kappa shape index (κ3) is 3.40. The SMILES string of the molecule is CCOc1ccc(C2Oc3c(Cl)cc(Cl)cc3C3CC(c4ccccc4)=NN32)cc1. The maximum absolute atomic E-state index is 6.53. The lowest BCUT2D eigenvalue weighted by atomic mass is 9.96. The monoisotopic (exact) mass is 438 g/mol. The number of rotatable bonds is 4. The Balaban J connectivity index is 1.58. The van der Waals surface area contributed by atoms with Gasteiger partial charge in [-0.2, -0.15) is 5.10 Å². The predicted molar refractivity (Wildman–Crippen MR) is 120 cm³/mol. The van der Waals surface area contributed by atoms with Gasteiger partial charge in [-0.15, -0.1) is 0 Å². The molecular formula is C24H20Cl2N2O2. The lowest BCUT2D eigenvalue weighted by Gasteiger charge is -2.38. The number of hydrogen-bond acceptors (Lipinski definition) is 4. The molecule has 152 valence electrons. The molecule has 2 heterocycles. The van der Waals surface area contributed by atoms with Crippen molar-refractivity contribution >= 4 is 28.9 Å². The van der Waals surface area contributed by atoms with Gasteiger partial charge in [-0.05, 0) is 48.9 Å². The van der Waals surface area contributed by atoms with Crippen LogP contribution in [-0.4, -0.2) is 17.3 Å². The van der Waals surface area contributed by atoms with Crippen molar-refractivity contribution < 1.29 is 9.47 Å². The zero-order chi connectivity index (χ0) is 20.7. The summed E-state index contributed by atoms with van der Waals surface area (Å²) in [6.07, 6.45) is 0.364. The van der Waals surface area contributed by atoms with Crippen LogP contribution in [0.5, 0.6) is 11.5 Å². The number of hydrazone groups is 1. The lowest BCUT2D eigenvalue weighted by Crippen LogP contribution is -2.33. The van der Waals surface area contributed by atoms with Crippen LogP contribution in [-0.2, 0) is 0 Å². The summed E-state index contributed by atoms with van der Waals surface area (Å²) in [5, 5.41) is 8.09. The maximum Gasteiger partial charge on any atom is 0.213 e. The molecular weight excluding hydrogens is 419 g/mol. The van der Waals surface area contributed by atoms with Gasteiger partial charge in [0.1, 0.15) is 11.5 Å². The van der Waals surface area contributed by atoms with Crippen LogP contribution in [0.1, 0.15) is 42.3 Å². The van der Waals surface area contributed by atoms with Gasteiger partial charge in [0.15, 0.2) is 0 Å². The highest BCUT2D eigenvalue weighted by Gasteiger charge is 2.42. The number of benzene rings is 3. The maximum atomic E-state index is 6.53. The Labute approximate surface area is 185 Å². The highest BCUT2D eigenvalue weighted by Crippen LogP contribution is 2.50. The summed E-state index contributed by atoms with van der Waals surface area (Å²) in [6, 6.07) is 21.8. The number of ether oxygens (including phenoxy) is 2. The Morgan fingerprint density at radius 3 is 2.57 bits per heavy atom. The first kappa shape index (κ1) is 19.3. The minimum Gasteiger partial charge on any atom is -0.494 e. The highest BCUT2D eigenvalue weighted by molar-refractivity contribution is 6.35. The summed E-state index contributed by atoms with van der Waals surface area (Å²) in [5.41, 5.74) is 4.07. The minimum atomic E-state index is -0.391. The standard InChI is InChI=1S/C24H20Cl2N2O2/c1-2-29-18-10-8-16(9-11-18)24-28-22(14-21(27-28)15-6-4-3-5-7-15)19-12-17(25)13-20(26)23(19)30-24/h3-13,22,24H,2,14H2,1H3. The molecule has 0 N–H and O–H groups in total. The smallest absolute Gasteiger partial charge is 0.213 e. The van der Waals surface area contributed by atoms with Gasteiger partial charge in [-0.25, -0.2) is 5.01 Å². The van der Waals surface area contributed by atoms with Crippen molar-refractivity contribution in [1.29, 1.82) is 0 Å². The molecule has 5 rings (SSSR count). The third-order valence-corrected chi connectivity index (χ3v) is 5.89. The van der Waals surface area contributed by atoms with Crippen molar-refractivity contribution in [2.45, 2.75) is 25.6 Å².